The van der Waals surface area contributed by atoms with Crippen LogP contribution in [0.1, 0.15) is 10.4 Å². The van der Waals surface area contributed by atoms with Crippen LogP contribution in [-0.4, -0.2) is 16.1 Å². The zero-order valence-corrected chi connectivity index (χ0v) is 9.11. The van der Waals surface area contributed by atoms with E-state index >= 15 is 0 Å². The Kier molecular flexibility index (Phi) is 2.64. The van der Waals surface area contributed by atoms with E-state index in [1.165, 1.54) is 16.9 Å². The largest absolute Gasteiger partial charge is 0.298 e. The van der Waals surface area contributed by atoms with Crippen molar-refractivity contribution in [1.82, 2.24) is 9.78 Å². The number of aromatic nitrogens is 2. The number of nitrogens with zero attached hydrogens (tertiary/aromatic N) is 2. The summed E-state index contributed by atoms with van der Waals surface area (Å²) >= 11 is 3.08. The molecule has 0 fully saturated rings. The number of aldehydes is 1. The number of hydrogen-bond donors (Lipinski definition) is 0. The van der Waals surface area contributed by atoms with Crippen molar-refractivity contribution in [3.05, 3.63) is 46.4 Å². The van der Waals surface area contributed by atoms with Gasteiger partial charge in [0.15, 0.2) is 6.29 Å². The van der Waals surface area contributed by atoms with Crippen molar-refractivity contribution < 1.29 is 9.18 Å². The van der Waals surface area contributed by atoms with Crippen molar-refractivity contribution in [2.24, 2.45) is 0 Å². The van der Waals surface area contributed by atoms with E-state index in [1.54, 1.807) is 18.3 Å². The normalized spacial score (nSPS) is 10.3. The summed E-state index contributed by atoms with van der Waals surface area (Å²) in [5, 5.41) is 3.97. The standard InChI is InChI=1S/C10H6BrFN2O/c11-9-3-8(1-2-10(9)12)14-5-7(6-15)4-13-14/h1-6H. The first-order valence-corrected chi connectivity index (χ1v) is 4.95. The monoisotopic (exact) mass is 268 g/mol. The highest BCUT2D eigenvalue weighted by molar-refractivity contribution is 9.10. The van der Waals surface area contributed by atoms with E-state index in [-0.39, 0.29) is 5.82 Å². The summed E-state index contributed by atoms with van der Waals surface area (Å²) in [6.45, 7) is 0. The van der Waals surface area contributed by atoms with Crippen LogP contribution >= 0.6 is 15.9 Å². The lowest BCUT2D eigenvalue weighted by Gasteiger charge is -2.01. The fourth-order valence-corrected chi connectivity index (χ4v) is 1.53. The smallest absolute Gasteiger partial charge is 0.153 e. The Labute approximate surface area is 93.7 Å². The molecule has 0 aliphatic rings. The molecule has 0 N–H and O–H groups in total. The maximum atomic E-state index is 13.0. The molecule has 15 heavy (non-hydrogen) atoms. The Morgan fingerprint density at radius 2 is 2.27 bits per heavy atom. The van der Waals surface area contributed by atoms with Crippen LogP contribution in [0.4, 0.5) is 4.39 Å². The van der Waals surface area contributed by atoms with Crippen molar-refractivity contribution in [2.75, 3.05) is 0 Å². The Morgan fingerprint density at radius 3 is 2.87 bits per heavy atom. The predicted molar refractivity (Wildman–Crippen MR) is 56.6 cm³/mol. The number of carbonyl (C=O) groups excluding carboxylic acids is 1. The van der Waals surface area contributed by atoms with Gasteiger partial charge >= 0.3 is 0 Å². The number of hydrogen-bond acceptors (Lipinski definition) is 2. The first kappa shape index (κ1) is 10.0. The van der Waals surface area contributed by atoms with Crippen LogP contribution in [0, 0.1) is 5.82 Å². The molecule has 3 nitrogen and oxygen atoms in total. The first-order chi connectivity index (χ1) is 7.20. The van der Waals surface area contributed by atoms with Crippen LogP contribution in [0.25, 0.3) is 5.69 Å². The Hall–Kier alpha value is -1.49. The molecule has 0 unspecified atom stereocenters. The molecule has 0 saturated heterocycles. The van der Waals surface area contributed by atoms with Gasteiger partial charge in [-0.05, 0) is 34.1 Å². The summed E-state index contributed by atoms with van der Waals surface area (Å²) in [7, 11) is 0. The Morgan fingerprint density at radius 1 is 1.47 bits per heavy atom. The minimum Gasteiger partial charge on any atom is -0.298 e. The average Bonchev–Trinajstić information content (AvgIpc) is 2.70. The lowest BCUT2D eigenvalue weighted by molar-refractivity contribution is 0.112. The zero-order chi connectivity index (χ0) is 10.8. The second-order valence-electron chi connectivity index (χ2n) is 2.93. The number of carbonyl (C=O) groups is 1. The highest BCUT2D eigenvalue weighted by atomic mass is 79.9. The molecule has 0 amide bonds. The lowest BCUT2D eigenvalue weighted by Crippen LogP contribution is -1.94. The quantitative estimate of drug-likeness (QED) is 0.785. The zero-order valence-electron chi connectivity index (χ0n) is 7.52. The van der Waals surface area contributed by atoms with E-state index in [9.17, 15) is 9.18 Å². The van der Waals surface area contributed by atoms with Crippen LogP contribution in [0.2, 0.25) is 0 Å². The third-order valence-corrected chi connectivity index (χ3v) is 2.51. The maximum Gasteiger partial charge on any atom is 0.153 e. The number of rotatable bonds is 2. The topological polar surface area (TPSA) is 34.9 Å². The van der Waals surface area contributed by atoms with Gasteiger partial charge in [0.05, 0.1) is 21.9 Å². The molecule has 2 rings (SSSR count). The van der Waals surface area contributed by atoms with E-state index in [2.05, 4.69) is 21.0 Å². The molecule has 5 heteroatoms. The van der Waals surface area contributed by atoms with Crippen molar-refractivity contribution in [2.45, 2.75) is 0 Å². The highest BCUT2D eigenvalue weighted by Gasteiger charge is 2.03. The van der Waals surface area contributed by atoms with E-state index in [4.69, 9.17) is 0 Å². The number of halogens is 2. The van der Waals surface area contributed by atoms with Gasteiger partial charge in [-0.2, -0.15) is 5.10 Å². The minimum absolute atomic E-state index is 0.332. The van der Waals surface area contributed by atoms with Gasteiger partial charge < -0.3 is 0 Å². The van der Waals surface area contributed by atoms with Gasteiger partial charge in [0.2, 0.25) is 0 Å². The van der Waals surface area contributed by atoms with E-state index in [0.29, 0.717) is 22.0 Å². The second-order valence-corrected chi connectivity index (χ2v) is 3.79. The SMILES string of the molecule is O=Cc1cnn(-c2ccc(F)c(Br)c2)c1. The van der Waals surface area contributed by atoms with Crippen molar-refractivity contribution in [3.8, 4) is 5.69 Å². The first-order valence-electron chi connectivity index (χ1n) is 4.16. The summed E-state index contributed by atoms with van der Waals surface area (Å²) in [5.74, 6) is -0.332. The highest BCUT2D eigenvalue weighted by Crippen LogP contribution is 2.19. The summed E-state index contributed by atoms with van der Waals surface area (Å²) in [5.41, 5.74) is 1.17. The molecule has 0 aliphatic heterocycles. The van der Waals surface area contributed by atoms with E-state index < -0.39 is 0 Å². The van der Waals surface area contributed by atoms with Gasteiger partial charge in [-0.25, -0.2) is 9.07 Å². The van der Waals surface area contributed by atoms with Crippen molar-refractivity contribution in [1.29, 1.82) is 0 Å². The summed E-state index contributed by atoms with van der Waals surface area (Å²) < 4.78 is 14.8. The van der Waals surface area contributed by atoms with Gasteiger partial charge in [-0.3, -0.25) is 4.79 Å². The molecule has 0 bridgehead atoms. The molecular weight excluding hydrogens is 263 g/mol. The Balaban J connectivity index is 2.44. The van der Waals surface area contributed by atoms with Gasteiger partial charge in [0.25, 0.3) is 0 Å². The molecule has 1 aromatic heterocycles. The number of benzene rings is 1. The third kappa shape index (κ3) is 1.97. The molecule has 1 aromatic carbocycles. The van der Waals surface area contributed by atoms with E-state index in [1.807, 2.05) is 0 Å². The predicted octanol–water partition coefficient (Wildman–Crippen LogP) is 2.59. The molecule has 0 saturated carbocycles. The molecule has 0 spiro atoms. The average molecular weight is 269 g/mol. The van der Waals surface area contributed by atoms with Crippen LogP contribution in [0.15, 0.2) is 35.1 Å². The maximum absolute atomic E-state index is 13.0. The van der Waals surface area contributed by atoms with E-state index in [0.717, 1.165) is 0 Å². The molecule has 0 atom stereocenters. The molecule has 1 heterocycles. The summed E-state index contributed by atoms with van der Waals surface area (Å²) in [6.07, 6.45) is 3.74. The van der Waals surface area contributed by atoms with Crippen molar-refractivity contribution in [3.63, 3.8) is 0 Å². The van der Waals surface area contributed by atoms with Crippen LogP contribution in [0.5, 0.6) is 0 Å². The fourth-order valence-electron chi connectivity index (χ4n) is 1.17. The Bertz CT molecular complexity index is 510. The summed E-state index contributed by atoms with van der Waals surface area (Å²) in [6, 6.07) is 4.51. The molecule has 0 radical (unpaired) electrons. The molecular formula is C10H6BrFN2O. The van der Waals surface area contributed by atoms with Crippen LogP contribution in [-0.2, 0) is 0 Å². The van der Waals surface area contributed by atoms with Crippen LogP contribution < -0.4 is 0 Å². The van der Waals surface area contributed by atoms with Gasteiger partial charge in [0.1, 0.15) is 5.82 Å². The minimum atomic E-state index is -0.332. The second kappa shape index (κ2) is 3.94. The lowest BCUT2D eigenvalue weighted by atomic mass is 10.3. The van der Waals surface area contributed by atoms with Gasteiger partial charge in [-0.15, -0.1) is 0 Å². The molecule has 76 valence electrons. The summed E-state index contributed by atoms with van der Waals surface area (Å²) in [4.78, 5) is 10.4. The molecule has 0 aliphatic carbocycles. The fraction of sp³-hybridized carbons (Fsp3) is 0. The van der Waals surface area contributed by atoms with Crippen molar-refractivity contribution >= 4 is 22.2 Å². The third-order valence-electron chi connectivity index (χ3n) is 1.91. The van der Waals surface area contributed by atoms with Gasteiger partial charge in [-0.1, -0.05) is 0 Å². The van der Waals surface area contributed by atoms with Gasteiger partial charge in [0, 0.05) is 6.20 Å². The molecule has 2 aromatic rings. The van der Waals surface area contributed by atoms with Crippen LogP contribution in [0.3, 0.4) is 0 Å².